The first-order valence-corrected chi connectivity index (χ1v) is 5.21. The van der Waals surface area contributed by atoms with Gasteiger partial charge < -0.3 is 14.7 Å². The predicted molar refractivity (Wildman–Crippen MR) is 50.8 cm³/mol. The first-order valence-electron chi connectivity index (χ1n) is 3.65. The summed E-state index contributed by atoms with van der Waals surface area (Å²) in [6.07, 6.45) is 0. The van der Waals surface area contributed by atoms with Gasteiger partial charge in [0.15, 0.2) is 0 Å². The molecule has 0 aliphatic rings. The molecule has 0 aromatic heterocycles. The molecule has 1 aromatic rings. The Morgan fingerprint density at radius 1 is 1.14 bits per heavy atom. The average molecular weight is 210 g/mol. The van der Waals surface area contributed by atoms with E-state index in [1.54, 1.807) is 17.7 Å². The van der Waals surface area contributed by atoms with E-state index in [1.165, 1.54) is 0 Å². The Hall–Kier alpha value is -0.403. The Bertz CT molecular complexity index is 325. The third-order valence-corrected chi connectivity index (χ3v) is 1.18. The number of hydrogen-bond acceptors (Lipinski definition) is 2. The van der Waals surface area contributed by atoms with E-state index in [1.807, 2.05) is 30.3 Å². The number of hydrogen-bond donors (Lipinski definition) is 3. The second-order valence-corrected chi connectivity index (χ2v) is 3.46. The summed E-state index contributed by atoms with van der Waals surface area (Å²) in [6, 6.07) is 9.23. The number of carbonyl (C=O) groups excluding carboxylic acids is 1. The first-order chi connectivity index (χ1) is 6.30. The zero-order chi connectivity index (χ0) is 11.2. The minimum atomic E-state index is -4.64. The maximum absolute atomic E-state index is 10.6. The molecule has 14 heavy (non-hydrogen) atoms. The Labute approximate surface area is 90.2 Å². The SMILES string of the molecule is O=P(O)(O)O.[Li][C](=O)c1ccccc1. The molecule has 5 nitrogen and oxygen atoms in total. The van der Waals surface area contributed by atoms with Crippen LogP contribution >= 0.6 is 7.82 Å². The predicted octanol–water partition coefficient (Wildman–Crippen LogP) is 0.0667. The van der Waals surface area contributed by atoms with Crippen molar-refractivity contribution in [2.75, 3.05) is 0 Å². The van der Waals surface area contributed by atoms with E-state index in [-0.39, 0.29) is 4.46 Å². The standard InChI is InChI=1S/C7H5O.Li.H3O4P/c8-6-7-4-2-1-3-5-7;;1-5(2,3)4/h1-5H;;(H3,1,2,3,4). The van der Waals surface area contributed by atoms with Gasteiger partial charge in [-0.3, -0.25) is 0 Å². The van der Waals surface area contributed by atoms with Gasteiger partial charge in [-0.15, -0.1) is 0 Å². The molecule has 0 fully saturated rings. The summed E-state index contributed by atoms with van der Waals surface area (Å²) in [4.78, 5) is 32.2. The molecule has 0 aliphatic heterocycles. The van der Waals surface area contributed by atoms with Crippen LogP contribution in [0.5, 0.6) is 0 Å². The zero-order valence-electron chi connectivity index (χ0n) is 7.49. The van der Waals surface area contributed by atoms with Crippen LogP contribution in [0.1, 0.15) is 10.4 Å². The van der Waals surface area contributed by atoms with Crippen molar-refractivity contribution in [3.63, 3.8) is 0 Å². The summed E-state index contributed by atoms with van der Waals surface area (Å²) in [6.45, 7) is 0. The number of carbonyl (C=O) groups is 1. The fourth-order valence-corrected chi connectivity index (χ4v) is 0.673. The van der Waals surface area contributed by atoms with Gasteiger partial charge in [0, 0.05) is 0 Å². The van der Waals surface area contributed by atoms with Crippen molar-refractivity contribution in [3.8, 4) is 0 Å². The van der Waals surface area contributed by atoms with E-state index in [4.69, 9.17) is 19.2 Å². The van der Waals surface area contributed by atoms with E-state index in [9.17, 15) is 4.79 Å². The van der Waals surface area contributed by atoms with Gasteiger partial charge in [-0.2, -0.15) is 0 Å². The molecule has 0 bridgehead atoms. The van der Waals surface area contributed by atoms with E-state index < -0.39 is 7.82 Å². The van der Waals surface area contributed by atoms with Crippen molar-refractivity contribution in [2.24, 2.45) is 0 Å². The third-order valence-electron chi connectivity index (χ3n) is 1.18. The maximum atomic E-state index is 10.6. The van der Waals surface area contributed by atoms with Crippen LogP contribution in [0.25, 0.3) is 0 Å². The van der Waals surface area contributed by atoms with Crippen molar-refractivity contribution >= 4 is 30.0 Å². The summed E-state index contributed by atoms with van der Waals surface area (Å²) in [5.41, 5.74) is 0.775. The summed E-state index contributed by atoms with van der Waals surface area (Å²) < 4.78 is 9.00. The zero-order valence-corrected chi connectivity index (χ0v) is 8.39. The van der Waals surface area contributed by atoms with Crippen molar-refractivity contribution in [1.82, 2.24) is 0 Å². The van der Waals surface area contributed by atoms with Gasteiger partial charge in [0.2, 0.25) is 0 Å². The van der Waals surface area contributed by atoms with Crippen LogP contribution in [-0.4, -0.2) is 36.9 Å². The molecule has 0 saturated carbocycles. The van der Waals surface area contributed by atoms with Crippen LogP contribution in [0.3, 0.4) is 0 Å². The number of benzene rings is 1. The van der Waals surface area contributed by atoms with Gasteiger partial charge >= 0.3 is 70.7 Å². The molecule has 0 atom stereocenters. The van der Waals surface area contributed by atoms with E-state index in [2.05, 4.69) is 0 Å². The van der Waals surface area contributed by atoms with Gasteiger partial charge in [0.05, 0.1) is 0 Å². The van der Waals surface area contributed by atoms with Crippen molar-refractivity contribution in [3.05, 3.63) is 35.9 Å². The summed E-state index contributed by atoms with van der Waals surface area (Å²) in [5.74, 6) is 0. The topological polar surface area (TPSA) is 94.8 Å². The molecule has 0 saturated heterocycles. The summed E-state index contributed by atoms with van der Waals surface area (Å²) in [5, 5.41) is 0. The molecule has 0 heterocycles. The van der Waals surface area contributed by atoms with Gasteiger partial charge in [-0.1, -0.05) is 0 Å². The van der Waals surface area contributed by atoms with E-state index in [0.717, 1.165) is 5.56 Å². The molecule has 0 amide bonds. The Morgan fingerprint density at radius 3 is 1.71 bits per heavy atom. The molecule has 0 unspecified atom stereocenters. The molecule has 3 N–H and O–H groups in total. The van der Waals surface area contributed by atoms with Crippen LogP contribution in [0, 0.1) is 0 Å². The Balaban J connectivity index is 0.000000292. The van der Waals surface area contributed by atoms with Crippen molar-refractivity contribution < 1.29 is 24.0 Å². The fourth-order valence-electron chi connectivity index (χ4n) is 0.673. The van der Waals surface area contributed by atoms with Gasteiger partial charge in [-0.05, 0) is 0 Å². The van der Waals surface area contributed by atoms with Crippen LogP contribution in [0.2, 0.25) is 0 Å². The molecule has 0 radical (unpaired) electrons. The summed E-state index contributed by atoms with van der Waals surface area (Å²) in [7, 11) is -4.64. The normalized spacial score (nSPS) is 10.1. The Kier molecular flexibility index (Phi) is 5.97. The second kappa shape index (κ2) is 6.15. The third kappa shape index (κ3) is 9.68. The van der Waals surface area contributed by atoms with Crippen LogP contribution in [0.15, 0.2) is 30.3 Å². The van der Waals surface area contributed by atoms with Crippen molar-refractivity contribution in [1.29, 1.82) is 0 Å². The van der Waals surface area contributed by atoms with Gasteiger partial charge in [0.25, 0.3) is 0 Å². The minimum absolute atomic E-state index is 0.121. The molecule has 1 rings (SSSR count). The molecule has 0 aliphatic carbocycles. The molecule has 0 spiro atoms. The molecule has 1 aromatic carbocycles. The fraction of sp³-hybridized carbons (Fsp3) is 0. The quantitative estimate of drug-likeness (QED) is 0.450. The molecular weight excluding hydrogens is 202 g/mol. The monoisotopic (exact) mass is 210 g/mol. The average Bonchev–Trinajstić information content (AvgIpc) is 2.03. The van der Waals surface area contributed by atoms with Gasteiger partial charge in [0.1, 0.15) is 0 Å². The molecular formula is C7H8LiO5P. The van der Waals surface area contributed by atoms with Crippen LogP contribution in [0.4, 0.5) is 0 Å². The first kappa shape index (κ1) is 13.6. The van der Waals surface area contributed by atoms with Crippen LogP contribution in [-0.2, 0) is 4.57 Å². The van der Waals surface area contributed by atoms with E-state index >= 15 is 0 Å². The van der Waals surface area contributed by atoms with Crippen molar-refractivity contribution in [2.45, 2.75) is 0 Å². The second-order valence-electron chi connectivity index (χ2n) is 2.44. The van der Waals surface area contributed by atoms with Gasteiger partial charge in [-0.25, -0.2) is 4.57 Å². The molecule has 72 valence electrons. The number of phosphoric acid groups is 1. The summed E-state index contributed by atoms with van der Waals surface area (Å²) >= 11 is 1.56. The van der Waals surface area contributed by atoms with Crippen LogP contribution < -0.4 is 0 Å². The Morgan fingerprint density at radius 2 is 1.50 bits per heavy atom. The molecule has 7 heteroatoms. The van der Waals surface area contributed by atoms with E-state index in [0.29, 0.717) is 0 Å². The number of rotatable bonds is 1.